The van der Waals surface area contributed by atoms with Crippen molar-refractivity contribution in [3.05, 3.63) is 87.9 Å². The summed E-state index contributed by atoms with van der Waals surface area (Å²) in [4.78, 5) is 4.42. The van der Waals surface area contributed by atoms with Crippen LogP contribution < -0.4 is 0 Å². The smallest absolute Gasteiger partial charge is 0.141 e. The summed E-state index contributed by atoms with van der Waals surface area (Å²) in [6, 6.07) is 18.6. The molecule has 0 heterocycles. The maximum absolute atomic E-state index is 10.2. The SMILES string of the molecule is CC[C@H](C)c1ccc(O)c(N=Cc2cc(Cc3ccccc3Cl)ccc2O)c1. The van der Waals surface area contributed by atoms with E-state index in [4.69, 9.17) is 11.6 Å². The summed E-state index contributed by atoms with van der Waals surface area (Å²) in [6.45, 7) is 4.27. The third-order valence-corrected chi connectivity index (χ3v) is 5.34. The summed E-state index contributed by atoms with van der Waals surface area (Å²) < 4.78 is 0. The second-order valence-corrected chi connectivity index (χ2v) is 7.38. The van der Waals surface area contributed by atoms with Crippen LogP contribution in [0.25, 0.3) is 0 Å². The van der Waals surface area contributed by atoms with Crippen molar-refractivity contribution in [2.75, 3.05) is 0 Å². The highest BCUT2D eigenvalue weighted by Crippen LogP contribution is 2.31. The lowest BCUT2D eigenvalue weighted by Crippen LogP contribution is -1.92. The van der Waals surface area contributed by atoms with Gasteiger partial charge in [0.05, 0.1) is 0 Å². The van der Waals surface area contributed by atoms with Crippen LogP contribution in [0.3, 0.4) is 0 Å². The lowest BCUT2D eigenvalue weighted by Gasteiger charge is -2.10. The second-order valence-electron chi connectivity index (χ2n) is 6.98. The molecule has 0 fully saturated rings. The van der Waals surface area contributed by atoms with Crippen LogP contribution in [-0.2, 0) is 6.42 Å². The molecule has 2 N–H and O–H groups in total. The molecular weight excluding hydrogens is 370 g/mol. The maximum Gasteiger partial charge on any atom is 0.141 e. The fourth-order valence-electron chi connectivity index (χ4n) is 3.00. The minimum atomic E-state index is 0.120. The lowest BCUT2D eigenvalue weighted by atomic mass is 9.98. The molecule has 0 aliphatic rings. The van der Waals surface area contributed by atoms with Gasteiger partial charge in [0.25, 0.3) is 0 Å². The van der Waals surface area contributed by atoms with E-state index in [1.54, 1.807) is 18.3 Å². The molecule has 28 heavy (non-hydrogen) atoms. The first kappa shape index (κ1) is 20.0. The Balaban J connectivity index is 1.87. The Bertz CT molecular complexity index is 998. The van der Waals surface area contributed by atoms with Gasteiger partial charge in [-0.1, -0.05) is 55.8 Å². The van der Waals surface area contributed by atoms with Crippen molar-refractivity contribution in [1.29, 1.82) is 0 Å². The molecule has 144 valence electrons. The molecular formula is C24H24ClNO2. The molecule has 0 saturated carbocycles. The molecule has 0 amide bonds. The monoisotopic (exact) mass is 393 g/mol. The number of hydrogen-bond donors (Lipinski definition) is 2. The molecule has 3 rings (SSSR count). The average molecular weight is 394 g/mol. The number of halogens is 1. The molecule has 0 unspecified atom stereocenters. The predicted octanol–water partition coefficient (Wildman–Crippen LogP) is 6.61. The number of aliphatic imine (C=N–C) groups is 1. The number of rotatable bonds is 6. The molecule has 0 bridgehead atoms. The van der Waals surface area contributed by atoms with E-state index >= 15 is 0 Å². The van der Waals surface area contributed by atoms with Crippen LogP contribution in [0.4, 0.5) is 5.69 Å². The van der Waals surface area contributed by atoms with Crippen LogP contribution in [0, 0.1) is 0 Å². The van der Waals surface area contributed by atoms with E-state index in [1.807, 2.05) is 48.5 Å². The van der Waals surface area contributed by atoms with E-state index in [9.17, 15) is 10.2 Å². The third-order valence-electron chi connectivity index (χ3n) is 4.97. The molecule has 4 heteroatoms. The first-order chi connectivity index (χ1) is 13.5. The van der Waals surface area contributed by atoms with Crippen molar-refractivity contribution in [3.63, 3.8) is 0 Å². The molecule has 0 aliphatic carbocycles. The fourth-order valence-corrected chi connectivity index (χ4v) is 3.21. The average Bonchev–Trinajstić information content (AvgIpc) is 2.70. The Morgan fingerprint density at radius 1 is 1.00 bits per heavy atom. The number of benzene rings is 3. The summed E-state index contributed by atoms with van der Waals surface area (Å²) in [6.07, 6.45) is 3.26. The molecule has 3 aromatic rings. The first-order valence-electron chi connectivity index (χ1n) is 9.40. The molecule has 0 radical (unpaired) electrons. The highest BCUT2D eigenvalue weighted by atomic mass is 35.5. The molecule has 0 aromatic heterocycles. The zero-order valence-corrected chi connectivity index (χ0v) is 16.8. The lowest BCUT2D eigenvalue weighted by molar-refractivity contribution is 0.473. The van der Waals surface area contributed by atoms with Crippen molar-refractivity contribution in [1.82, 2.24) is 0 Å². The maximum atomic E-state index is 10.2. The Hall–Kier alpha value is -2.78. The van der Waals surface area contributed by atoms with Gasteiger partial charge in [0.1, 0.15) is 17.2 Å². The number of aromatic hydroxyl groups is 2. The normalized spacial score (nSPS) is 12.4. The molecule has 3 aromatic carbocycles. The molecule has 0 saturated heterocycles. The van der Waals surface area contributed by atoms with E-state index in [1.165, 1.54) is 0 Å². The van der Waals surface area contributed by atoms with Gasteiger partial charge in [-0.05, 0) is 65.8 Å². The molecule has 0 aliphatic heterocycles. The summed E-state index contributed by atoms with van der Waals surface area (Å²) >= 11 is 6.25. The highest BCUT2D eigenvalue weighted by Gasteiger charge is 2.08. The van der Waals surface area contributed by atoms with Gasteiger partial charge in [0.2, 0.25) is 0 Å². The van der Waals surface area contributed by atoms with E-state index < -0.39 is 0 Å². The largest absolute Gasteiger partial charge is 0.507 e. The van der Waals surface area contributed by atoms with E-state index in [-0.39, 0.29) is 11.5 Å². The van der Waals surface area contributed by atoms with Crippen LogP contribution in [0.5, 0.6) is 11.5 Å². The molecule has 1 atom stereocenters. The highest BCUT2D eigenvalue weighted by molar-refractivity contribution is 6.31. The number of phenolic OH excluding ortho intramolecular Hbond substituents is 2. The number of hydrogen-bond acceptors (Lipinski definition) is 3. The van der Waals surface area contributed by atoms with Crippen molar-refractivity contribution in [2.24, 2.45) is 4.99 Å². The second kappa shape index (κ2) is 8.94. The van der Waals surface area contributed by atoms with Gasteiger partial charge < -0.3 is 10.2 Å². The molecule has 3 nitrogen and oxygen atoms in total. The van der Waals surface area contributed by atoms with Crippen molar-refractivity contribution in [3.8, 4) is 11.5 Å². The van der Waals surface area contributed by atoms with Gasteiger partial charge >= 0.3 is 0 Å². The summed E-state index contributed by atoms with van der Waals surface area (Å²) in [5, 5.41) is 21.0. The minimum absolute atomic E-state index is 0.120. The van der Waals surface area contributed by atoms with Gasteiger partial charge in [-0.2, -0.15) is 0 Å². The zero-order valence-electron chi connectivity index (χ0n) is 16.1. The van der Waals surface area contributed by atoms with E-state index in [2.05, 4.69) is 18.8 Å². The predicted molar refractivity (Wildman–Crippen MR) is 116 cm³/mol. The Morgan fingerprint density at radius 2 is 1.75 bits per heavy atom. The third kappa shape index (κ3) is 4.73. The minimum Gasteiger partial charge on any atom is -0.507 e. The van der Waals surface area contributed by atoms with Crippen molar-refractivity contribution >= 4 is 23.5 Å². The molecule has 0 spiro atoms. The fraction of sp³-hybridized carbons (Fsp3) is 0.208. The number of nitrogens with zero attached hydrogens (tertiary/aromatic N) is 1. The standard InChI is InChI=1S/C24H24ClNO2/c1-3-16(2)18-9-11-24(28)22(14-18)26-15-20-13-17(8-10-23(20)27)12-19-6-4-5-7-21(19)25/h4-11,13-16,27-28H,3,12H2,1-2H3/t16-/m0/s1. The topological polar surface area (TPSA) is 52.8 Å². The van der Waals surface area contributed by atoms with Gasteiger partial charge in [-0.3, -0.25) is 4.99 Å². The summed E-state index contributed by atoms with van der Waals surface area (Å²) in [5.74, 6) is 0.654. The van der Waals surface area contributed by atoms with Crippen molar-refractivity contribution in [2.45, 2.75) is 32.6 Å². The summed E-state index contributed by atoms with van der Waals surface area (Å²) in [5.41, 5.74) is 4.26. The Kier molecular flexibility index (Phi) is 6.37. The Labute approximate surface area is 171 Å². The quantitative estimate of drug-likeness (QED) is 0.463. The van der Waals surface area contributed by atoms with Gasteiger partial charge in [0, 0.05) is 16.8 Å². The van der Waals surface area contributed by atoms with Crippen LogP contribution in [-0.4, -0.2) is 16.4 Å². The van der Waals surface area contributed by atoms with Crippen molar-refractivity contribution < 1.29 is 10.2 Å². The van der Waals surface area contributed by atoms with Crippen LogP contribution in [0.1, 0.15) is 48.4 Å². The summed E-state index contributed by atoms with van der Waals surface area (Å²) in [7, 11) is 0. The van der Waals surface area contributed by atoms with Gasteiger partial charge in [-0.25, -0.2) is 0 Å². The van der Waals surface area contributed by atoms with E-state index in [0.29, 0.717) is 23.6 Å². The van der Waals surface area contributed by atoms with Gasteiger partial charge in [-0.15, -0.1) is 0 Å². The van der Waals surface area contributed by atoms with Gasteiger partial charge in [0.15, 0.2) is 0 Å². The number of phenols is 2. The van der Waals surface area contributed by atoms with Crippen LogP contribution in [0.15, 0.2) is 65.7 Å². The van der Waals surface area contributed by atoms with Crippen LogP contribution in [0.2, 0.25) is 5.02 Å². The first-order valence-corrected chi connectivity index (χ1v) is 9.78. The Morgan fingerprint density at radius 3 is 2.50 bits per heavy atom. The van der Waals surface area contributed by atoms with Crippen LogP contribution >= 0.6 is 11.6 Å². The van der Waals surface area contributed by atoms with E-state index in [0.717, 1.165) is 28.1 Å². The zero-order chi connectivity index (χ0) is 20.1.